The Morgan fingerprint density at radius 3 is 1.95 bits per heavy atom. The maximum atomic E-state index is 11.2. The number of nitro groups is 2. The van der Waals surface area contributed by atoms with Gasteiger partial charge in [-0.15, -0.1) is 0 Å². The molecule has 0 aliphatic carbocycles. The Morgan fingerprint density at radius 2 is 1.36 bits per heavy atom. The molecule has 0 bridgehead atoms. The predicted molar refractivity (Wildman–Crippen MR) is 164 cm³/mol. The van der Waals surface area contributed by atoms with Crippen LogP contribution in [0.25, 0.3) is 5.69 Å². The van der Waals surface area contributed by atoms with Gasteiger partial charge < -0.3 is 14.8 Å². The van der Waals surface area contributed by atoms with Gasteiger partial charge in [-0.3, -0.25) is 25.2 Å². The van der Waals surface area contributed by atoms with E-state index in [1.165, 1.54) is 36.0 Å². The number of thiocarbonyl (C=S) groups is 1. The first-order valence-corrected chi connectivity index (χ1v) is 14.1. The molecule has 6 rings (SSSR count). The van der Waals surface area contributed by atoms with Gasteiger partial charge in [0.25, 0.3) is 11.4 Å². The first-order chi connectivity index (χ1) is 20.4. The topological polar surface area (TPSA) is 119 Å². The monoisotopic (exact) mass is 594 g/mol. The summed E-state index contributed by atoms with van der Waals surface area (Å²) in [5.41, 5.74) is 3.49. The van der Waals surface area contributed by atoms with Crippen LogP contribution in [-0.2, 0) is 0 Å². The average Bonchev–Trinajstić information content (AvgIpc) is 3.63. The zero-order valence-electron chi connectivity index (χ0n) is 21.8. The highest BCUT2D eigenvalue weighted by molar-refractivity contribution is 7.99. The third kappa shape index (κ3) is 5.32. The van der Waals surface area contributed by atoms with Crippen LogP contribution in [-0.4, -0.2) is 24.5 Å². The molecule has 1 fully saturated rings. The van der Waals surface area contributed by atoms with Crippen LogP contribution < -0.4 is 10.2 Å². The molecule has 0 unspecified atom stereocenters. The lowest BCUT2D eigenvalue weighted by molar-refractivity contribution is -0.385. The van der Waals surface area contributed by atoms with Crippen molar-refractivity contribution in [2.75, 3.05) is 4.90 Å². The molecule has 3 aromatic carbocycles. The minimum atomic E-state index is -0.415. The number of anilines is 1. The fourth-order valence-corrected chi connectivity index (χ4v) is 6.15. The zero-order valence-corrected chi connectivity index (χ0v) is 23.4. The van der Waals surface area contributed by atoms with Gasteiger partial charge in [-0.1, -0.05) is 17.8 Å². The summed E-state index contributed by atoms with van der Waals surface area (Å²) in [5.74, 6) is 0. The van der Waals surface area contributed by atoms with Gasteiger partial charge in [-0.25, -0.2) is 0 Å². The molecular formula is C30H22N6O4S2. The molecule has 208 valence electrons. The van der Waals surface area contributed by atoms with Crippen molar-refractivity contribution in [3.63, 3.8) is 0 Å². The third-order valence-corrected chi connectivity index (χ3v) is 8.25. The fourth-order valence-electron chi connectivity index (χ4n) is 4.99. The summed E-state index contributed by atoms with van der Waals surface area (Å²) in [6.45, 7) is 0. The third-order valence-electron chi connectivity index (χ3n) is 6.92. The smallest absolute Gasteiger partial charge is 0.269 e. The SMILES string of the molecule is O=[N+]([O-])c1ccc(Sc2ccc(N3C(=S)N[C@H](c4ccccn4)[C@H]3c3cccn3-c3ccc([N+](=O)[O-])cc3)cc2)cc1. The molecule has 2 atom stereocenters. The van der Waals surface area contributed by atoms with E-state index in [9.17, 15) is 20.2 Å². The highest BCUT2D eigenvalue weighted by Crippen LogP contribution is 2.43. The Morgan fingerprint density at radius 1 is 0.762 bits per heavy atom. The van der Waals surface area contributed by atoms with Gasteiger partial charge in [0.05, 0.1) is 21.6 Å². The molecule has 12 heteroatoms. The Labute approximate surface area is 249 Å². The van der Waals surface area contributed by atoms with Crippen molar-refractivity contribution >= 4 is 46.2 Å². The molecule has 1 aliphatic rings. The van der Waals surface area contributed by atoms with E-state index >= 15 is 0 Å². The minimum Gasteiger partial charge on any atom is -0.351 e. The Balaban J connectivity index is 1.35. The van der Waals surface area contributed by atoms with E-state index in [-0.39, 0.29) is 23.5 Å². The molecule has 10 nitrogen and oxygen atoms in total. The van der Waals surface area contributed by atoms with Crippen LogP contribution in [0.2, 0.25) is 0 Å². The molecule has 0 saturated carbocycles. The second kappa shape index (κ2) is 11.4. The number of hydrogen-bond acceptors (Lipinski definition) is 7. The average molecular weight is 595 g/mol. The number of nitro benzene ring substituents is 2. The van der Waals surface area contributed by atoms with Crippen molar-refractivity contribution in [2.45, 2.75) is 21.9 Å². The van der Waals surface area contributed by atoms with Crippen molar-refractivity contribution < 1.29 is 9.85 Å². The Kier molecular flexibility index (Phi) is 7.38. The lowest BCUT2D eigenvalue weighted by Crippen LogP contribution is -2.30. The summed E-state index contributed by atoms with van der Waals surface area (Å²) in [7, 11) is 0. The number of non-ortho nitro benzene ring substituents is 2. The van der Waals surface area contributed by atoms with Crippen molar-refractivity contribution in [3.05, 3.63) is 147 Å². The van der Waals surface area contributed by atoms with Crippen LogP contribution >= 0.6 is 24.0 Å². The highest BCUT2D eigenvalue weighted by Gasteiger charge is 2.42. The van der Waals surface area contributed by atoms with Gasteiger partial charge in [0.1, 0.15) is 6.04 Å². The van der Waals surface area contributed by atoms with E-state index in [0.29, 0.717) is 5.11 Å². The summed E-state index contributed by atoms with van der Waals surface area (Å²) in [5, 5.41) is 26.2. The van der Waals surface area contributed by atoms with Gasteiger partial charge in [-0.05, 0) is 85.0 Å². The second-order valence-electron chi connectivity index (χ2n) is 9.42. The lowest BCUT2D eigenvalue weighted by Gasteiger charge is -2.29. The fraction of sp³-hybridized carbons (Fsp3) is 0.0667. The molecule has 1 aliphatic heterocycles. The minimum absolute atomic E-state index is 0.0239. The van der Waals surface area contributed by atoms with Crippen LogP contribution in [0.4, 0.5) is 17.1 Å². The maximum absolute atomic E-state index is 11.2. The molecular weight excluding hydrogens is 573 g/mol. The van der Waals surface area contributed by atoms with E-state index < -0.39 is 9.85 Å². The largest absolute Gasteiger partial charge is 0.351 e. The Hall–Kier alpha value is -5.07. The van der Waals surface area contributed by atoms with E-state index in [2.05, 4.69) is 15.2 Å². The van der Waals surface area contributed by atoms with E-state index in [4.69, 9.17) is 12.2 Å². The molecule has 1 saturated heterocycles. The summed E-state index contributed by atoms with van der Waals surface area (Å²) in [4.78, 5) is 29.9. The number of aromatic nitrogens is 2. The molecule has 42 heavy (non-hydrogen) atoms. The molecule has 0 spiro atoms. The van der Waals surface area contributed by atoms with Crippen LogP contribution in [0.5, 0.6) is 0 Å². The van der Waals surface area contributed by atoms with Gasteiger partial charge >= 0.3 is 0 Å². The molecule has 3 heterocycles. The number of nitrogens with one attached hydrogen (secondary N) is 1. The normalized spacial score (nSPS) is 16.3. The summed E-state index contributed by atoms with van der Waals surface area (Å²) < 4.78 is 2.01. The Bertz CT molecular complexity index is 1760. The number of pyridine rings is 1. The number of rotatable bonds is 8. The predicted octanol–water partition coefficient (Wildman–Crippen LogP) is 7.02. The second-order valence-corrected chi connectivity index (χ2v) is 11.0. The summed E-state index contributed by atoms with van der Waals surface area (Å²) in [6, 6.07) is 30.0. The first-order valence-electron chi connectivity index (χ1n) is 12.8. The number of nitrogens with zero attached hydrogens (tertiary/aromatic N) is 5. The van der Waals surface area contributed by atoms with Crippen molar-refractivity contribution in [3.8, 4) is 5.69 Å². The number of benzene rings is 3. The summed E-state index contributed by atoms with van der Waals surface area (Å²) in [6.07, 6.45) is 3.68. The molecule has 2 aromatic heterocycles. The van der Waals surface area contributed by atoms with E-state index in [0.717, 1.165) is 32.6 Å². The van der Waals surface area contributed by atoms with E-state index in [1.54, 1.807) is 30.5 Å². The van der Waals surface area contributed by atoms with Crippen LogP contribution in [0.3, 0.4) is 0 Å². The first kappa shape index (κ1) is 27.1. The van der Waals surface area contributed by atoms with Crippen molar-refractivity contribution in [1.29, 1.82) is 0 Å². The molecule has 0 radical (unpaired) electrons. The standard InChI is InChI=1S/C30H22N6O4S2/c37-35(38)22-8-6-20(7-9-22)33-19-3-5-27(33)29-28(26-4-1-2-18-31-26)32-30(41)34(29)21-10-14-24(15-11-21)42-25-16-12-23(13-17-25)36(39)40/h1-19,28-29H,(H,32,41)/t28-,29-/m1/s1. The van der Waals surface area contributed by atoms with Gasteiger partial charge in [0, 0.05) is 63.5 Å². The maximum Gasteiger partial charge on any atom is 0.269 e. The number of hydrogen-bond donors (Lipinski definition) is 1. The van der Waals surface area contributed by atoms with Crippen molar-refractivity contribution in [2.24, 2.45) is 0 Å². The van der Waals surface area contributed by atoms with Gasteiger partial charge in [-0.2, -0.15) is 0 Å². The quantitative estimate of drug-likeness (QED) is 0.115. The molecule has 5 aromatic rings. The van der Waals surface area contributed by atoms with Crippen molar-refractivity contribution in [1.82, 2.24) is 14.9 Å². The molecule has 0 amide bonds. The summed E-state index contributed by atoms with van der Waals surface area (Å²) >= 11 is 7.38. The zero-order chi connectivity index (χ0) is 29.2. The van der Waals surface area contributed by atoms with Gasteiger partial charge in [0.15, 0.2) is 5.11 Å². The van der Waals surface area contributed by atoms with Crippen LogP contribution in [0.1, 0.15) is 23.5 Å². The van der Waals surface area contributed by atoms with Crippen LogP contribution in [0.15, 0.2) is 125 Å². The highest BCUT2D eigenvalue weighted by atomic mass is 32.2. The van der Waals surface area contributed by atoms with Gasteiger partial charge in [0.2, 0.25) is 0 Å². The van der Waals surface area contributed by atoms with E-state index in [1.807, 2.05) is 65.4 Å². The molecule has 1 N–H and O–H groups in total. The van der Waals surface area contributed by atoms with Crippen LogP contribution in [0, 0.1) is 20.2 Å². The lowest BCUT2D eigenvalue weighted by atomic mass is 10.0.